The number of nitrogens with two attached hydrogens (primary N) is 1. The highest BCUT2D eigenvalue weighted by molar-refractivity contribution is 5.32. The number of hydrogen-bond acceptors (Lipinski definition) is 2. The van der Waals surface area contributed by atoms with Gasteiger partial charge in [0.1, 0.15) is 0 Å². The molecule has 3 heteroatoms. The first-order valence-corrected chi connectivity index (χ1v) is 6.11. The molecular weight excluding hydrogens is 217 g/mol. The number of hydrogen-bond donors (Lipinski definition) is 1. The predicted molar refractivity (Wildman–Crippen MR) is 68.8 cm³/mol. The summed E-state index contributed by atoms with van der Waals surface area (Å²) in [4.78, 5) is 0. The number of benzene rings is 1. The summed E-state index contributed by atoms with van der Waals surface area (Å²) in [5, 5.41) is 0. The molecule has 0 bridgehead atoms. The Kier molecular flexibility index (Phi) is 4.94. The van der Waals surface area contributed by atoms with Crippen LogP contribution in [0.25, 0.3) is 0 Å². The molecule has 0 aliphatic heterocycles. The van der Waals surface area contributed by atoms with Gasteiger partial charge in [0.15, 0.2) is 11.6 Å². The average Bonchev–Trinajstić information content (AvgIpc) is 2.22. The highest BCUT2D eigenvalue weighted by atomic mass is 19.1. The number of ether oxygens (including phenoxy) is 1. The Morgan fingerprint density at radius 1 is 1.24 bits per heavy atom. The standard InChI is InChI=1S/C14H22FNO/c1-9(2)12(8-16)11-5-6-14(13(15)7-11)17-10(3)4/h5-7,9-10,12H,8,16H2,1-4H3. The minimum Gasteiger partial charge on any atom is -0.488 e. The molecule has 1 unspecified atom stereocenters. The van der Waals surface area contributed by atoms with Gasteiger partial charge in [-0.25, -0.2) is 4.39 Å². The largest absolute Gasteiger partial charge is 0.488 e. The summed E-state index contributed by atoms with van der Waals surface area (Å²) in [7, 11) is 0. The SMILES string of the molecule is CC(C)Oc1ccc(C(CN)C(C)C)cc1F. The Morgan fingerprint density at radius 2 is 1.88 bits per heavy atom. The fraction of sp³-hybridized carbons (Fsp3) is 0.571. The second kappa shape index (κ2) is 6.01. The van der Waals surface area contributed by atoms with Crippen molar-refractivity contribution in [1.82, 2.24) is 0 Å². The molecule has 1 rings (SSSR count). The molecule has 0 aliphatic rings. The summed E-state index contributed by atoms with van der Waals surface area (Å²) >= 11 is 0. The molecule has 96 valence electrons. The first-order chi connectivity index (χ1) is 7.95. The second-order valence-electron chi connectivity index (χ2n) is 4.94. The van der Waals surface area contributed by atoms with Crippen molar-refractivity contribution < 1.29 is 9.13 Å². The fourth-order valence-corrected chi connectivity index (χ4v) is 1.89. The van der Waals surface area contributed by atoms with Crippen molar-refractivity contribution in [2.45, 2.75) is 39.7 Å². The quantitative estimate of drug-likeness (QED) is 0.855. The predicted octanol–water partition coefficient (Wildman–Crippen LogP) is 3.31. The van der Waals surface area contributed by atoms with E-state index in [0.717, 1.165) is 5.56 Å². The van der Waals surface area contributed by atoms with Crippen LogP contribution in [0.1, 0.15) is 39.2 Å². The van der Waals surface area contributed by atoms with Crippen molar-refractivity contribution in [1.29, 1.82) is 0 Å². The van der Waals surface area contributed by atoms with E-state index in [-0.39, 0.29) is 17.8 Å². The highest BCUT2D eigenvalue weighted by Gasteiger charge is 2.16. The molecule has 2 nitrogen and oxygen atoms in total. The van der Waals surface area contributed by atoms with Gasteiger partial charge < -0.3 is 10.5 Å². The van der Waals surface area contributed by atoms with Crippen LogP contribution in [0.3, 0.4) is 0 Å². The molecule has 1 aromatic rings. The van der Waals surface area contributed by atoms with Crippen molar-refractivity contribution in [3.05, 3.63) is 29.6 Å². The zero-order valence-electron chi connectivity index (χ0n) is 11.0. The summed E-state index contributed by atoms with van der Waals surface area (Å²) in [6, 6.07) is 5.13. The summed E-state index contributed by atoms with van der Waals surface area (Å²) in [6.07, 6.45) is -0.0224. The van der Waals surface area contributed by atoms with E-state index >= 15 is 0 Å². The second-order valence-corrected chi connectivity index (χ2v) is 4.94. The maximum atomic E-state index is 13.8. The molecule has 0 amide bonds. The molecule has 0 aromatic heterocycles. The van der Waals surface area contributed by atoms with Crippen molar-refractivity contribution in [2.75, 3.05) is 6.54 Å². The summed E-state index contributed by atoms with van der Waals surface area (Å²) in [5.74, 6) is 0.590. The molecule has 1 atom stereocenters. The monoisotopic (exact) mass is 239 g/mol. The molecule has 1 aromatic carbocycles. The summed E-state index contributed by atoms with van der Waals surface area (Å²) in [6.45, 7) is 8.47. The Bertz CT molecular complexity index is 363. The van der Waals surface area contributed by atoms with Gasteiger partial charge in [-0.1, -0.05) is 19.9 Å². The van der Waals surface area contributed by atoms with Gasteiger partial charge in [-0.2, -0.15) is 0 Å². The lowest BCUT2D eigenvalue weighted by Gasteiger charge is -2.20. The van der Waals surface area contributed by atoms with Crippen molar-refractivity contribution in [3.8, 4) is 5.75 Å². The van der Waals surface area contributed by atoms with Crippen molar-refractivity contribution in [2.24, 2.45) is 11.7 Å². The van der Waals surface area contributed by atoms with Gasteiger partial charge in [-0.05, 0) is 49.9 Å². The minimum absolute atomic E-state index is 0.0224. The van der Waals surface area contributed by atoms with Crippen LogP contribution >= 0.6 is 0 Å². The molecule has 0 heterocycles. The molecule has 0 saturated carbocycles. The molecule has 17 heavy (non-hydrogen) atoms. The van der Waals surface area contributed by atoms with Gasteiger partial charge in [0.05, 0.1) is 6.10 Å². The maximum Gasteiger partial charge on any atom is 0.165 e. The van der Waals surface area contributed by atoms with E-state index in [1.54, 1.807) is 6.07 Å². The zero-order valence-corrected chi connectivity index (χ0v) is 11.0. The summed E-state index contributed by atoms with van der Waals surface area (Å²) < 4.78 is 19.2. The van der Waals surface area contributed by atoms with Crippen LogP contribution in [0, 0.1) is 11.7 Å². The van der Waals surface area contributed by atoms with E-state index in [9.17, 15) is 4.39 Å². The Labute approximate surface area is 103 Å². The average molecular weight is 239 g/mol. The van der Waals surface area contributed by atoms with E-state index in [1.807, 2.05) is 19.9 Å². The third-order valence-corrected chi connectivity index (χ3v) is 2.81. The van der Waals surface area contributed by atoms with Crippen LogP contribution in [-0.2, 0) is 0 Å². The molecule has 2 N–H and O–H groups in total. The molecule has 0 aliphatic carbocycles. The number of halogens is 1. The van der Waals surface area contributed by atoms with Gasteiger partial charge in [0.2, 0.25) is 0 Å². The van der Waals surface area contributed by atoms with E-state index in [2.05, 4.69) is 13.8 Å². The first kappa shape index (κ1) is 14.0. The smallest absolute Gasteiger partial charge is 0.165 e. The van der Waals surface area contributed by atoms with E-state index < -0.39 is 0 Å². The van der Waals surface area contributed by atoms with E-state index in [0.29, 0.717) is 18.2 Å². The van der Waals surface area contributed by atoms with Crippen LogP contribution in [0.15, 0.2) is 18.2 Å². The van der Waals surface area contributed by atoms with E-state index in [1.165, 1.54) is 6.07 Å². The van der Waals surface area contributed by atoms with Gasteiger partial charge in [-0.3, -0.25) is 0 Å². The third-order valence-electron chi connectivity index (χ3n) is 2.81. The Morgan fingerprint density at radius 3 is 2.29 bits per heavy atom. The van der Waals surface area contributed by atoms with Crippen LogP contribution in [0.4, 0.5) is 4.39 Å². The normalized spacial score (nSPS) is 13.2. The van der Waals surface area contributed by atoms with Crippen LogP contribution < -0.4 is 10.5 Å². The minimum atomic E-state index is -0.310. The molecule has 0 spiro atoms. The van der Waals surface area contributed by atoms with Gasteiger partial charge in [-0.15, -0.1) is 0 Å². The van der Waals surface area contributed by atoms with Crippen LogP contribution in [0.2, 0.25) is 0 Å². The molecule has 0 radical (unpaired) electrons. The van der Waals surface area contributed by atoms with Crippen molar-refractivity contribution >= 4 is 0 Å². The van der Waals surface area contributed by atoms with Gasteiger partial charge >= 0.3 is 0 Å². The summed E-state index contributed by atoms with van der Waals surface area (Å²) in [5.41, 5.74) is 6.66. The number of rotatable bonds is 5. The van der Waals surface area contributed by atoms with Gasteiger partial charge in [0, 0.05) is 0 Å². The highest BCUT2D eigenvalue weighted by Crippen LogP contribution is 2.27. The lowest BCUT2D eigenvalue weighted by molar-refractivity contribution is 0.231. The lowest BCUT2D eigenvalue weighted by atomic mass is 9.88. The van der Waals surface area contributed by atoms with Crippen LogP contribution in [-0.4, -0.2) is 12.6 Å². The lowest BCUT2D eigenvalue weighted by Crippen LogP contribution is -2.18. The topological polar surface area (TPSA) is 35.2 Å². The molecular formula is C14H22FNO. The molecule has 0 saturated heterocycles. The Hall–Kier alpha value is -1.09. The van der Waals surface area contributed by atoms with Crippen LogP contribution in [0.5, 0.6) is 5.75 Å². The maximum absolute atomic E-state index is 13.8. The first-order valence-electron chi connectivity index (χ1n) is 6.11. The van der Waals surface area contributed by atoms with E-state index in [4.69, 9.17) is 10.5 Å². The van der Waals surface area contributed by atoms with Gasteiger partial charge in [0.25, 0.3) is 0 Å². The van der Waals surface area contributed by atoms with Crippen molar-refractivity contribution in [3.63, 3.8) is 0 Å². The Balaban J connectivity index is 2.95. The molecule has 0 fully saturated rings. The fourth-order valence-electron chi connectivity index (χ4n) is 1.89. The zero-order chi connectivity index (χ0) is 13.0. The third kappa shape index (κ3) is 3.70.